The minimum atomic E-state index is 1.08. The molecule has 4 heteroatoms. The Kier molecular flexibility index (Phi) is 7.37. The molecule has 0 saturated carbocycles. The largest absolute Gasteiger partial charge is 0.316 e. The van der Waals surface area contributed by atoms with Crippen molar-refractivity contribution in [3.63, 3.8) is 0 Å². The summed E-state index contributed by atoms with van der Waals surface area (Å²) in [7, 11) is 2.01. The van der Waals surface area contributed by atoms with E-state index in [-0.39, 0.29) is 0 Å². The van der Waals surface area contributed by atoms with Crippen LogP contribution in [0.1, 0.15) is 38.3 Å². The van der Waals surface area contributed by atoms with E-state index in [1.54, 1.807) is 0 Å². The summed E-state index contributed by atoms with van der Waals surface area (Å²) in [6, 6.07) is 2.14. The van der Waals surface area contributed by atoms with Crippen molar-refractivity contribution in [2.45, 2.75) is 44.6 Å². The van der Waals surface area contributed by atoms with Crippen molar-refractivity contribution >= 4 is 11.8 Å². The van der Waals surface area contributed by atoms with Crippen LogP contribution >= 0.6 is 11.8 Å². The van der Waals surface area contributed by atoms with E-state index in [4.69, 9.17) is 0 Å². The van der Waals surface area contributed by atoms with Crippen molar-refractivity contribution in [2.24, 2.45) is 7.05 Å². The highest BCUT2D eigenvalue weighted by Crippen LogP contribution is 2.17. The second-order valence-electron chi connectivity index (χ2n) is 4.41. The lowest BCUT2D eigenvalue weighted by Crippen LogP contribution is -2.18. The van der Waals surface area contributed by atoms with Gasteiger partial charge in [-0.25, -0.2) is 0 Å². The molecular weight excluding hydrogens is 230 g/mol. The lowest BCUT2D eigenvalue weighted by Gasteiger charge is -2.04. The van der Waals surface area contributed by atoms with Gasteiger partial charge in [-0.1, -0.05) is 26.2 Å². The average molecular weight is 255 g/mol. The van der Waals surface area contributed by atoms with Crippen LogP contribution in [0.25, 0.3) is 0 Å². The van der Waals surface area contributed by atoms with Crippen LogP contribution in [0.4, 0.5) is 0 Å². The van der Waals surface area contributed by atoms with E-state index in [0.29, 0.717) is 0 Å². The van der Waals surface area contributed by atoms with Gasteiger partial charge in [-0.2, -0.15) is 5.10 Å². The highest BCUT2D eigenvalue weighted by atomic mass is 32.2. The summed E-state index contributed by atoms with van der Waals surface area (Å²) in [6.45, 7) is 6.53. The molecule has 98 valence electrons. The van der Waals surface area contributed by atoms with E-state index in [1.165, 1.54) is 30.7 Å². The van der Waals surface area contributed by atoms with Gasteiger partial charge < -0.3 is 5.32 Å². The van der Waals surface area contributed by atoms with Gasteiger partial charge in [0.25, 0.3) is 0 Å². The summed E-state index contributed by atoms with van der Waals surface area (Å²) in [5.41, 5.74) is 1.10. The van der Waals surface area contributed by atoms with Gasteiger partial charge in [-0.15, -0.1) is 11.8 Å². The topological polar surface area (TPSA) is 29.9 Å². The molecule has 0 radical (unpaired) electrons. The predicted molar refractivity (Wildman–Crippen MR) is 75.7 cm³/mol. The van der Waals surface area contributed by atoms with Gasteiger partial charge in [0.2, 0.25) is 0 Å². The van der Waals surface area contributed by atoms with Crippen molar-refractivity contribution in [1.29, 1.82) is 0 Å². The fourth-order valence-electron chi connectivity index (χ4n) is 1.75. The molecular formula is C13H25N3S. The quantitative estimate of drug-likeness (QED) is 0.543. The first-order valence-electron chi connectivity index (χ1n) is 6.58. The Labute approximate surface area is 109 Å². The Morgan fingerprint density at radius 3 is 2.76 bits per heavy atom. The molecule has 0 amide bonds. The zero-order valence-corrected chi connectivity index (χ0v) is 12.1. The molecule has 1 aromatic heterocycles. The third-order valence-electron chi connectivity index (χ3n) is 2.69. The standard InChI is InChI=1S/C13H25N3S/c1-4-5-6-7-8-14-9-10-17-13-11-12(2)15-16(13)3/h11,14H,4-10H2,1-3H3. The SMILES string of the molecule is CCCCCCNCCSc1cc(C)nn1C. The molecule has 3 nitrogen and oxygen atoms in total. The van der Waals surface area contributed by atoms with E-state index < -0.39 is 0 Å². The maximum atomic E-state index is 4.34. The molecule has 0 aliphatic rings. The fraction of sp³-hybridized carbons (Fsp3) is 0.769. The van der Waals surface area contributed by atoms with E-state index in [9.17, 15) is 0 Å². The first-order valence-corrected chi connectivity index (χ1v) is 7.56. The minimum Gasteiger partial charge on any atom is -0.316 e. The zero-order valence-electron chi connectivity index (χ0n) is 11.3. The first kappa shape index (κ1) is 14.6. The highest BCUT2D eigenvalue weighted by molar-refractivity contribution is 7.99. The Bertz CT molecular complexity index is 310. The zero-order chi connectivity index (χ0) is 12.5. The molecule has 0 bridgehead atoms. The normalized spacial score (nSPS) is 11.0. The molecule has 0 unspecified atom stereocenters. The number of nitrogens with one attached hydrogen (secondary N) is 1. The molecule has 0 fully saturated rings. The molecule has 1 heterocycles. The van der Waals surface area contributed by atoms with Gasteiger partial charge in [-0.05, 0) is 26.0 Å². The van der Waals surface area contributed by atoms with Gasteiger partial charge in [0.05, 0.1) is 10.7 Å². The highest BCUT2D eigenvalue weighted by Gasteiger charge is 2.01. The number of unbranched alkanes of at least 4 members (excludes halogenated alkanes) is 3. The predicted octanol–water partition coefficient (Wildman–Crippen LogP) is 2.99. The third kappa shape index (κ3) is 6.13. The second kappa shape index (κ2) is 8.59. The summed E-state index contributed by atoms with van der Waals surface area (Å²) in [6.07, 6.45) is 5.35. The van der Waals surface area contributed by atoms with Crippen molar-refractivity contribution < 1.29 is 0 Å². The van der Waals surface area contributed by atoms with E-state index in [0.717, 1.165) is 24.5 Å². The second-order valence-corrected chi connectivity index (χ2v) is 5.52. The third-order valence-corrected chi connectivity index (χ3v) is 3.78. The molecule has 1 aromatic rings. The summed E-state index contributed by atoms with van der Waals surface area (Å²) in [5, 5.41) is 9.09. The van der Waals surface area contributed by atoms with Gasteiger partial charge in [-0.3, -0.25) is 4.68 Å². The minimum absolute atomic E-state index is 1.08. The monoisotopic (exact) mass is 255 g/mol. The maximum Gasteiger partial charge on any atom is 0.0939 e. The molecule has 0 spiro atoms. The van der Waals surface area contributed by atoms with Crippen LogP contribution in [0.15, 0.2) is 11.1 Å². The average Bonchev–Trinajstić information content (AvgIpc) is 2.61. The molecule has 1 rings (SSSR count). The molecule has 0 aliphatic heterocycles. The lowest BCUT2D eigenvalue weighted by molar-refractivity contribution is 0.612. The number of aryl methyl sites for hydroxylation is 2. The molecule has 0 saturated heterocycles. The summed E-state index contributed by atoms with van der Waals surface area (Å²) in [4.78, 5) is 0. The van der Waals surface area contributed by atoms with Crippen LogP contribution < -0.4 is 5.32 Å². The van der Waals surface area contributed by atoms with Gasteiger partial charge in [0.1, 0.15) is 0 Å². The van der Waals surface area contributed by atoms with E-state index in [2.05, 4.69) is 23.4 Å². The number of hydrogen-bond donors (Lipinski definition) is 1. The number of rotatable bonds is 9. The lowest BCUT2D eigenvalue weighted by atomic mass is 10.2. The van der Waals surface area contributed by atoms with E-state index in [1.807, 2.05) is 30.4 Å². The fourth-order valence-corrected chi connectivity index (χ4v) is 2.69. The van der Waals surface area contributed by atoms with Crippen LogP contribution in [0, 0.1) is 6.92 Å². The van der Waals surface area contributed by atoms with Crippen LogP contribution in [0.5, 0.6) is 0 Å². The summed E-state index contributed by atoms with van der Waals surface area (Å²) < 4.78 is 1.96. The van der Waals surface area contributed by atoms with Crippen molar-refractivity contribution in [3.8, 4) is 0 Å². The van der Waals surface area contributed by atoms with E-state index >= 15 is 0 Å². The Morgan fingerprint density at radius 2 is 2.12 bits per heavy atom. The Balaban J connectivity index is 1.99. The number of aromatic nitrogens is 2. The van der Waals surface area contributed by atoms with Crippen LogP contribution in [-0.4, -0.2) is 28.6 Å². The Hall–Kier alpha value is -0.480. The van der Waals surface area contributed by atoms with Crippen LogP contribution in [-0.2, 0) is 7.05 Å². The maximum absolute atomic E-state index is 4.34. The van der Waals surface area contributed by atoms with Gasteiger partial charge >= 0.3 is 0 Å². The Morgan fingerprint density at radius 1 is 1.29 bits per heavy atom. The molecule has 0 aromatic carbocycles. The first-order chi connectivity index (χ1) is 8.24. The van der Waals surface area contributed by atoms with Crippen LogP contribution in [0.2, 0.25) is 0 Å². The van der Waals surface area contributed by atoms with Gasteiger partial charge in [0.15, 0.2) is 0 Å². The number of thioether (sulfide) groups is 1. The molecule has 0 aliphatic carbocycles. The van der Waals surface area contributed by atoms with Crippen LogP contribution in [0.3, 0.4) is 0 Å². The van der Waals surface area contributed by atoms with Crippen molar-refractivity contribution in [3.05, 3.63) is 11.8 Å². The number of hydrogen-bond acceptors (Lipinski definition) is 3. The van der Waals surface area contributed by atoms with Crippen molar-refractivity contribution in [2.75, 3.05) is 18.8 Å². The summed E-state index contributed by atoms with van der Waals surface area (Å²) in [5.74, 6) is 1.12. The van der Waals surface area contributed by atoms with Crippen molar-refractivity contribution in [1.82, 2.24) is 15.1 Å². The summed E-state index contributed by atoms with van der Waals surface area (Å²) >= 11 is 1.87. The molecule has 1 N–H and O–H groups in total. The smallest absolute Gasteiger partial charge is 0.0939 e. The van der Waals surface area contributed by atoms with Gasteiger partial charge in [0, 0.05) is 19.3 Å². The molecule has 0 atom stereocenters. The molecule has 17 heavy (non-hydrogen) atoms. The number of nitrogens with zero attached hydrogens (tertiary/aromatic N) is 2.